The number of benzene rings is 2. The average Bonchev–Trinajstić information content (AvgIpc) is 2.59. The number of rotatable bonds is 4. The van der Waals surface area contributed by atoms with Crippen LogP contribution >= 0.6 is 0 Å². The lowest BCUT2D eigenvalue weighted by Crippen LogP contribution is -2.02. The largest absolute Gasteiger partial charge is 0.481 e. The molecule has 0 aliphatic rings. The van der Waals surface area contributed by atoms with Crippen molar-refractivity contribution in [3.05, 3.63) is 70.6 Å². The maximum atomic E-state index is 11.5. The van der Waals surface area contributed by atoms with E-state index in [4.69, 9.17) is 13.9 Å². The molecule has 0 saturated carbocycles. The fourth-order valence-electron chi connectivity index (χ4n) is 2.17. The highest BCUT2D eigenvalue weighted by Crippen LogP contribution is 2.22. The number of aryl methyl sites for hydroxylation is 1. The Hall–Kier alpha value is -3.19. The second-order valence-corrected chi connectivity index (χ2v) is 5.17. The molecule has 4 nitrogen and oxygen atoms in total. The van der Waals surface area contributed by atoms with Crippen LogP contribution in [0.5, 0.6) is 11.5 Å². The normalized spacial score (nSPS) is 10.0. The van der Waals surface area contributed by atoms with E-state index < -0.39 is 5.63 Å². The van der Waals surface area contributed by atoms with Gasteiger partial charge in [0, 0.05) is 0 Å². The van der Waals surface area contributed by atoms with E-state index in [9.17, 15) is 4.79 Å². The monoisotopic (exact) mass is 320 g/mol. The van der Waals surface area contributed by atoms with Crippen LogP contribution in [0.2, 0.25) is 0 Å². The molecule has 0 bridgehead atoms. The van der Waals surface area contributed by atoms with Crippen LogP contribution in [0.4, 0.5) is 0 Å². The topological polar surface area (TPSA) is 48.7 Å². The average molecular weight is 320 g/mol. The van der Waals surface area contributed by atoms with Gasteiger partial charge < -0.3 is 13.9 Å². The summed E-state index contributed by atoms with van der Waals surface area (Å²) < 4.78 is 16.2. The van der Waals surface area contributed by atoms with Gasteiger partial charge in [-0.2, -0.15) is 0 Å². The Balaban J connectivity index is 1.57. The zero-order valence-electron chi connectivity index (χ0n) is 13.2. The lowest BCUT2D eigenvalue weighted by atomic mass is 10.2. The number of fused-ring (bicyclic) bond motifs is 1. The molecule has 0 fully saturated rings. The molecule has 3 aromatic rings. The Bertz CT molecular complexity index is 943. The van der Waals surface area contributed by atoms with Crippen LogP contribution in [0.15, 0.2) is 63.8 Å². The molecule has 120 valence electrons. The van der Waals surface area contributed by atoms with Gasteiger partial charge in [-0.25, -0.2) is 4.79 Å². The molecule has 0 saturated heterocycles. The van der Waals surface area contributed by atoms with Gasteiger partial charge in [-0.05, 0) is 31.2 Å². The number of para-hydroxylation sites is 1. The van der Waals surface area contributed by atoms with Crippen molar-refractivity contribution < 1.29 is 13.9 Å². The third kappa shape index (κ3) is 3.96. The molecule has 1 aromatic heterocycles. The summed E-state index contributed by atoms with van der Waals surface area (Å²) in [5.74, 6) is 7.00. The van der Waals surface area contributed by atoms with Gasteiger partial charge in [-0.15, -0.1) is 0 Å². The third-order valence-electron chi connectivity index (χ3n) is 3.37. The molecule has 4 heteroatoms. The first-order valence-electron chi connectivity index (χ1n) is 7.53. The molecule has 3 rings (SSSR count). The van der Waals surface area contributed by atoms with E-state index in [0.717, 1.165) is 11.1 Å². The van der Waals surface area contributed by atoms with Crippen LogP contribution in [0.1, 0.15) is 5.56 Å². The van der Waals surface area contributed by atoms with Crippen molar-refractivity contribution in [1.29, 1.82) is 0 Å². The molecule has 0 amide bonds. The van der Waals surface area contributed by atoms with E-state index in [1.54, 1.807) is 12.1 Å². The standard InChI is InChI=1S/C20H16O4/c1-15-8-10-16(11-9-15)22-12-4-5-13-23-19-14-20(21)24-18-7-3-2-6-17(18)19/h2-3,6-11,14H,12-13H2,1H3. The van der Waals surface area contributed by atoms with Crippen LogP contribution < -0.4 is 15.1 Å². The van der Waals surface area contributed by atoms with Crippen LogP contribution in [0, 0.1) is 18.8 Å². The first-order valence-corrected chi connectivity index (χ1v) is 7.53. The summed E-state index contributed by atoms with van der Waals surface area (Å²) in [7, 11) is 0. The summed E-state index contributed by atoms with van der Waals surface area (Å²) in [5, 5.41) is 0.745. The van der Waals surface area contributed by atoms with E-state index in [2.05, 4.69) is 11.8 Å². The molecule has 0 aliphatic heterocycles. The maximum Gasteiger partial charge on any atom is 0.339 e. The molecule has 2 aromatic carbocycles. The predicted molar refractivity (Wildman–Crippen MR) is 92.4 cm³/mol. The zero-order chi connectivity index (χ0) is 16.8. The van der Waals surface area contributed by atoms with Crippen LogP contribution in [-0.4, -0.2) is 13.2 Å². The predicted octanol–water partition coefficient (Wildman–Crippen LogP) is 3.56. The van der Waals surface area contributed by atoms with Gasteiger partial charge in [0.05, 0.1) is 11.5 Å². The molecule has 0 atom stereocenters. The zero-order valence-corrected chi connectivity index (χ0v) is 13.2. The molecule has 24 heavy (non-hydrogen) atoms. The molecule has 1 heterocycles. The van der Waals surface area contributed by atoms with Crippen molar-refractivity contribution >= 4 is 11.0 Å². The van der Waals surface area contributed by atoms with Gasteiger partial charge in [0.2, 0.25) is 0 Å². The lowest BCUT2D eigenvalue weighted by Gasteiger charge is -2.05. The van der Waals surface area contributed by atoms with Gasteiger partial charge in [0.25, 0.3) is 0 Å². The summed E-state index contributed by atoms with van der Waals surface area (Å²) in [6.07, 6.45) is 0. The van der Waals surface area contributed by atoms with Crippen molar-refractivity contribution in [2.45, 2.75) is 6.92 Å². The fraction of sp³-hybridized carbons (Fsp3) is 0.150. The summed E-state index contributed by atoms with van der Waals surface area (Å²) >= 11 is 0. The smallest absolute Gasteiger partial charge is 0.339 e. The number of hydrogen-bond donors (Lipinski definition) is 0. The first kappa shape index (κ1) is 15.7. The van der Waals surface area contributed by atoms with Crippen molar-refractivity contribution in [1.82, 2.24) is 0 Å². The van der Waals surface area contributed by atoms with Crippen molar-refractivity contribution in [2.75, 3.05) is 13.2 Å². The maximum absolute atomic E-state index is 11.5. The summed E-state index contributed by atoms with van der Waals surface area (Å²) in [6, 6.07) is 16.3. The molecule has 0 spiro atoms. The Morgan fingerprint density at radius 1 is 0.958 bits per heavy atom. The highest BCUT2D eigenvalue weighted by atomic mass is 16.5. The molecular weight excluding hydrogens is 304 g/mol. The van der Waals surface area contributed by atoms with Gasteiger partial charge in [-0.3, -0.25) is 0 Å². The van der Waals surface area contributed by atoms with Gasteiger partial charge >= 0.3 is 5.63 Å². The fourth-order valence-corrected chi connectivity index (χ4v) is 2.17. The second kappa shape index (κ2) is 7.38. The SMILES string of the molecule is Cc1ccc(OCC#CCOc2cc(=O)oc3ccccc23)cc1. The summed E-state index contributed by atoms with van der Waals surface area (Å²) in [6.45, 7) is 2.48. The Kier molecular flexibility index (Phi) is 4.83. The quantitative estimate of drug-likeness (QED) is 0.545. The van der Waals surface area contributed by atoms with Crippen LogP contribution in [0.25, 0.3) is 11.0 Å². The van der Waals surface area contributed by atoms with Gasteiger partial charge in [-0.1, -0.05) is 41.7 Å². The minimum Gasteiger partial charge on any atom is -0.481 e. The summed E-state index contributed by atoms with van der Waals surface area (Å²) in [4.78, 5) is 11.5. The Morgan fingerprint density at radius 3 is 2.46 bits per heavy atom. The molecule has 0 N–H and O–H groups in total. The third-order valence-corrected chi connectivity index (χ3v) is 3.37. The van der Waals surface area contributed by atoms with E-state index in [-0.39, 0.29) is 13.2 Å². The minimum absolute atomic E-state index is 0.171. The molecule has 0 aliphatic carbocycles. The Labute approximate surface area is 139 Å². The van der Waals surface area contributed by atoms with Gasteiger partial charge in [0.1, 0.15) is 30.3 Å². The highest BCUT2D eigenvalue weighted by Gasteiger charge is 2.04. The van der Waals surface area contributed by atoms with E-state index in [0.29, 0.717) is 11.3 Å². The van der Waals surface area contributed by atoms with Crippen LogP contribution in [-0.2, 0) is 0 Å². The van der Waals surface area contributed by atoms with Crippen molar-refractivity contribution in [3.63, 3.8) is 0 Å². The van der Waals surface area contributed by atoms with E-state index in [1.165, 1.54) is 11.6 Å². The van der Waals surface area contributed by atoms with Crippen molar-refractivity contribution in [2.24, 2.45) is 0 Å². The van der Waals surface area contributed by atoms with E-state index >= 15 is 0 Å². The molecule has 0 radical (unpaired) electrons. The van der Waals surface area contributed by atoms with Crippen LogP contribution in [0.3, 0.4) is 0 Å². The van der Waals surface area contributed by atoms with Gasteiger partial charge in [0.15, 0.2) is 0 Å². The minimum atomic E-state index is -0.445. The van der Waals surface area contributed by atoms with Crippen molar-refractivity contribution in [3.8, 4) is 23.3 Å². The first-order chi connectivity index (χ1) is 11.7. The lowest BCUT2D eigenvalue weighted by molar-refractivity contribution is 0.362. The second-order valence-electron chi connectivity index (χ2n) is 5.17. The Morgan fingerprint density at radius 2 is 1.67 bits per heavy atom. The molecule has 0 unspecified atom stereocenters. The number of hydrogen-bond acceptors (Lipinski definition) is 4. The van der Waals surface area contributed by atoms with E-state index in [1.807, 2.05) is 43.3 Å². The number of ether oxygens (including phenoxy) is 2. The summed E-state index contributed by atoms with van der Waals surface area (Å²) in [5.41, 5.74) is 1.23. The molecular formula is C20H16O4. The highest BCUT2D eigenvalue weighted by molar-refractivity contribution is 5.82.